The second-order valence-electron chi connectivity index (χ2n) is 6.77. The Morgan fingerprint density at radius 1 is 1.07 bits per heavy atom. The molecule has 1 unspecified atom stereocenters. The molecule has 4 aromatic rings. The van der Waals surface area contributed by atoms with E-state index < -0.39 is 0 Å². The van der Waals surface area contributed by atoms with Crippen molar-refractivity contribution >= 4 is 77.0 Å². The maximum atomic E-state index is 4.81. The van der Waals surface area contributed by atoms with Gasteiger partial charge in [0.05, 0.1) is 19.3 Å². The summed E-state index contributed by atoms with van der Waals surface area (Å²) in [7, 11) is 0. The Kier molecular flexibility index (Phi) is 5.97. The van der Waals surface area contributed by atoms with Crippen LogP contribution in [0.2, 0.25) is 0 Å². The van der Waals surface area contributed by atoms with Crippen molar-refractivity contribution in [2.45, 2.75) is 46.0 Å². The van der Waals surface area contributed by atoms with Gasteiger partial charge in [0.2, 0.25) is 0 Å². The number of nitrogens with one attached hydrogen (secondary N) is 1. The maximum absolute atomic E-state index is 4.81. The summed E-state index contributed by atoms with van der Waals surface area (Å²) in [5, 5.41) is 0. The number of H-pyrrole nitrogens is 1. The van der Waals surface area contributed by atoms with Crippen molar-refractivity contribution < 1.29 is 0 Å². The number of nitrogens with zero attached hydrogens (tertiary/aromatic N) is 3. The summed E-state index contributed by atoms with van der Waals surface area (Å²) in [5.41, 5.74) is 3.57. The van der Waals surface area contributed by atoms with Gasteiger partial charge in [-0.2, -0.15) is 4.37 Å². The maximum Gasteiger partial charge on any atom is 0.170 e. The number of halogens is 2. The van der Waals surface area contributed by atoms with Crippen molar-refractivity contribution in [1.82, 2.24) is 18.7 Å². The third-order valence-corrected chi connectivity index (χ3v) is 8.14. The Balaban J connectivity index is 1.66. The zero-order chi connectivity index (χ0) is 19.0. The molecule has 4 rings (SSSR count). The first-order valence-corrected chi connectivity index (χ1v) is 12.4. The lowest BCUT2D eigenvalue weighted by Crippen LogP contribution is -2.01. The largest absolute Gasteiger partial charge is 0.292 e. The lowest BCUT2D eigenvalue weighted by molar-refractivity contribution is 0.452. The van der Waals surface area contributed by atoms with E-state index in [1.807, 2.05) is 11.3 Å². The highest BCUT2D eigenvalue weighted by molar-refractivity contribution is 9.11. The molecule has 1 atom stereocenters. The summed E-state index contributed by atoms with van der Waals surface area (Å²) in [5.74, 6) is 1.56. The predicted octanol–water partition coefficient (Wildman–Crippen LogP) is 7.58. The summed E-state index contributed by atoms with van der Waals surface area (Å²) < 4.78 is 9.45. The summed E-state index contributed by atoms with van der Waals surface area (Å²) >= 11 is 10.5. The number of imidazole rings is 1. The summed E-state index contributed by atoms with van der Waals surface area (Å²) in [6.07, 6.45) is 6.30. The lowest BCUT2D eigenvalue weighted by Gasteiger charge is -2.12. The van der Waals surface area contributed by atoms with Gasteiger partial charge in [0, 0.05) is 16.6 Å². The van der Waals surface area contributed by atoms with Gasteiger partial charge in [-0.3, -0.25) is 4.37 Å². The van der Waals surface area contributed by atoms with E-state index in [4.69, 9.17) is 9.97 Å². The Morgan fingerprint density at radius 3 is 2.59 bits per heavy atom. The fourth-order valence-electron chi connectivity index (χ4n) is 3.33. The van der Waals surface area contributed by atoms with Crippen molar-refractivity contribution in [3.05, 3.63) is 26.0 Å². The number of hydrogen-bond acceptors (Lipinski definition) is 5. The molecule has 0 amide bonds. The fraction of sp³-hybridized carbons (Fsp3) is 0.421. The number of aromatic amines is 1. The van der Waals surface area contributed by atoms with Gasteiger partial charge in [0.1, 0.15) is 16.6 Å². The third kappa shape index (κ3) is 3.73. The molecule has 0 aliphatic rings. The van der Waals surface area contributed by atoms with Gasteiger partial charge in [-0.15, -0.1) is 11.3 Å². The molecule has 1 N–H and O–H groups in total. The Labute approximate surface area is 183 Å². The summed E-state index contributed by atoms with van der Waals surface area (Å²) in [4.78, 5) is 12.2. The molecule has 8 heteroatoms. The number of rotatable bonds is 7. The van der Waals surface area contributed by atoms with Gasteiger partial charge in [-0.25, -0.2) is 9.97 Å². The SMILES string of the molecule is CCCCC(CC)Cc1ccc(-c2nc3c(Br)c4ns[nH]c4c(Br)c3n2)s1. The Morgan fingerprint density at radius 2 is 1.85 bits per heavy atom. The third-order valence-electron chi connectivity index (χ3n) is 4.94. The quantitative estimate of drug-likeness (QED) is 0.269. The van der Waals surface area contributed by atoms with E-state index in [0.717, 1.165) is 54.1 Å². The molecule has 0 aliphatic heterocycles. The molecule has 0 bridgehead atoms. The van der Waals surface area contributed by atoms with Crippen LogP contribution in [0.25, 0.3) is 32.8 Å². The minimum Gasteiger partial charge on any atom is -0.292 e. The normalized spacial score (nSPS) is 13.0. The highest BCUT2D eigenvalue weighted by Gasteiger charge is 2.20. The van der Waals surface area contributed by atoms with Crippen molar-refractivity contribution in [2.24, 2.45) is 5.92 Å². The van der Waals surface area contributed by atoms with Crippen LogP contribution in [0.3, 0.4) is 0 Å². The van der Waals surface area contributed by atoms with E-state index in [-0.39, 0.29) is 0 Å². The van der Waals surface area contributed by atoms with Crippen LogP contribution in [0.5, 0.6) is 0 Å². The number of hydrogen-bond donors (Lipinski definition) is 1. The predicted molar refractivity (Wildman–Crippen MR) is 123 cm³/mol. The van der Waals surface area contributed by atoms with Crippen LogP contribution in [0.4, 0.5) is 0 Å². The molecule has 0 saturated carbocycles. The second-order valence-corrected chi connectivity index (χ2v) is 10.1. The van der Waals surface area contributed by atoms with E-state index in [0.29, 0.717) is 0 Å². The van der Waals surface area contributed by atoms with E-state index >= 15 is 0 Å². The van der Waals surface area contributed by atoms with Crippen LogP contribution in [0, 0.1) is 5.92 Å². The molecule has 0 radical (unpaired) electrons. The van der Waals surface area contributed by atoms with Gasteiger partial charge >= 0.3 is 0 Å². The number of unbranched alkanes of at least 4 members (excludes halogenated alkanes) is 1. The molecule has 142 valence electrons. The first-order chi connectivity index (χ1) is 13.1. The van der Waals surface area contributed by atoms with Crippen molar-refractivity contribution in [2.75, 3.05) is 0 Å². The second kappa shape index (κ2) is 8.27. The topological polar surface area (TPSA) is 54.5 Å². The van der Waals surface area contributed by atoms with Crippen LogP contribution < -0.4 is 0 Å². The first-order valence-electron chi connectivity index (χ1n) is 9.19. The average Bonchev–Trinajstić information content (AvgIpc) is 3.41. The lowest BCUT2D eigenvalue weighted by atomic mass is 9.95. The van der Waals surface area contributed by atoms with Crippen LogP contribution >= 0.6 is 54.9 Å². The molecular weight excluding hydrogens is 508 g/mol. The first kappa shape index (κ1) is 19.5. The van der Waals surface area contributed by atoms with Crippen LogP contribution in [0.1, 0.15) is 44.4 Å². The van der Waals surface area contributed by atoms with Gasteiger partial charge in [-0.05, 0) is 56.3 Å². The minimum absolute atomic E-state index is 0.771. The molecule has 4 nitrogen and oxygen atoms in total. The van der Waals surface area contributed by atoms with Gasteiger partial charge in [0.15, 0.2) is 5.82 Å². The van der Waals surface area contributed by atoms with Gasteiger partial charge in [-0.1, -0.05) is 39.5 Å². The van der Waals surface area contributed by atoms with Crippen molar-refractivity contribution in [3.63, 3.8) is 0 Å². The van der Waals surface area contributed by atoms with Crippen molar-refractivity contribution in [3.8, 4) is 10.7 Å². The molecule has 1 aromatic carbocycles. The fourth-order valence-corrected chi connectivity index (χ4v) is 6.37. The molecule has 0 saturated heterocycles. The van der Waals surface area contributed by atoms with Crippen LogP contribution in [-0.2, 0) is 6.42 Å². The van der Waals surface area contributed by atoms with Gasteiger partial charge in [0.25, 0.3) is 0 Å². The molecule has 3 heterocycles. The highest BCUT2D eigenvalue weighted by atomic mass is 79.9. The number of fused-ring (bicyclic) bond motifs is 2. The standard InChI is InChI=1S/C19H20Br2N4S2/c1-3-5-6-10(4-2)9-11-7-8-12(26-11)19-22-15-13(20)17-18(25-27-24-17)14(21)16(15)23-19/h7-8,10,24H,3-6,9H2,1-2H3. The smallest absolute Gasteiger partial charge is 0.170 e. The summed E-state index contributed by atoms with van der Waals surface area (Å²) in [6, 6.07) is 4.40. The molecule has 3 aromatic heterocycles. The number of benzene rings is 1. The average molecular weight is 528 g/mol. The van der Waals surface area contributed by atoms with E-state index in [1.165, 1.54) is 42.3 Å². The number of aromatic nitrogens is 4. The minimum atomic E-state index is 0.771. The van der Waals surface area contributed by atoms with E-state index in [9.17, 15) is 0 Å². The summed E-state index contributed by atoms with van der Waals surface area (Å²) in [6.45, 7) is 4.56. The molecule has 0 fully saturated rings. The van der Waals surface area contributed by atoms with E-state index in [2.05, 4.69) is 66.6 Å². The highest BCUT2D eigenvalue weighted by Crippen LogP contribution is 2.39. The molecule has 27 heavy (non-hydrogen) atoms. The zero-order valence-corrected chi connectivity index (χ0v) is 20.0. The van der Waals surface area contributed by atoms with E-state index in [1.54, 1.807) is 0 Å². The molecular formula is C19H20Br2N4S2. The van der Waals surface area contributed by atoms with Gasteiger partial charge < -0.3 is 0 Å². The number of thiophene rings is 1. The van der Waals surface area contributed by atoms with Crippen molar-refractivity contribution in [1.29, 1.82) is 0 Å². The molecule has 0 aliphatic carbocycles. The Bertz CT molecular complexity index is 1030. The Hall–Kier alpha value is -0.830. The van der Waals surface area contributed by atoms with Crippen LogP contribution in [-0.4, -0.2) is 18.7 Å². The van der Waals surface area contributed by atoms with Crippen LogP contribution in [0.15, 0.2) is 21.1 Å². The molecule has 0 spiro atoms. The monoisotopic (exact) mass is 526 g/mol. The zero-order valence-electron chi connectivity index (χ0n) is 15.2.